The molecule has 1 N–H and O–H groups in total. The van der Waals surface area contributed by atoms with E-state index < -0.39 is 7.92 Å². The van der Waals surface area contributed by atoms with E-state index in [0.717, 1.165) is 12.2 Å². The van der Waals surface area contributed by atoms with Crippen molar-refractivity contribution >= 4 is 29.5 Å². The van der Waals surface area contributed by atoms with Gasteiger partial charge >= 0.3 is 0 Å². The fourth-order valence-corrected chi connectivity index (χ4v) is 7.87. The van der Waals surface area contributed by atoms with Gasteiger partial charge in [0.2, 0.25) is 0 Å². The molecule has 37 heavy (non-hydrogen) atoms. The fourth-order valence-electron chi connectivity index (χ4n) is 5.43. The van der Waals surface area contributed by atoms with E-state index in [0.29, 0.717) is 5.92 Å². The van der Waals surface area contributed by atoms with Crippen molar-refractivity contribution in [3.63, 3.8) is 0 Å². The third kappa shape index (κ3) is 4.78. The first-order chi connectivity index (χ1) is 18.3. The van der Waals surface area contributed by atoms with E-state index in [4.69, 9.17) is 4.74 Å². The van der Waals surface area contributed by atoms with Crippen LogP contribution in [-0.4, -0.2) is 7.11 Å². The summed E-state index contributed by atoms with van der Waals surface area (Å²) >= 11 is 0. The minimum Gasteiger partial charge on any atom is -0.497 e. The van der Waals surface area contributed by atoms with Gasteiger partial charge in [0.05, 0.1) is 13.2 Å². The van der Waals surface area contributed by atoms with Gasteiger partial charge in [-0.2, -0.15) is 0 Å². The van der Waals surface area contributed by atoms with Gasteiger partial charge < -0.3 is 10.1 Å². The SMILES string of the molecule is COc1ccc([C@@H]2C[C@H](c3ccccc3)c3cccc(P(c4ccccc4)c4ccccc4)c3N2)cc1. The maximum absolute atomic E-state index is 5.43. The molecule has 1 aliphatic rings. The van der Waals surface area contributed by atoms with Crippen LogP contribution in [0.3, 0.4) is 0 Å². The van der Waals surface area contributed by atoms with Crippen molar-refractivity contribution in [3.05, 3.63) is 150 Å². The molecule has 2 nitrogen and oxygen atoms in total. The molecular formula is C34H30NOP. The Balaban J connectivity index is 1.52. The first kappa shape index (κ1) is 23.5. The standard InChI is InChI=1S/C34H30NOP/c1-36-27-22-20-26(21-23-27)32-24-31(25-12-5-2-6-13-25)30-18-11-19-33(34(30)35-32)37(28-14-7-3-8-15-28)29-16-9-4-10-17-29/h2-23,31-32,35H,24H2,1H3/t31-,32+/m1/s1. The smallest absolute Gasteiger partial charge is 0.118 e. The molecule has 5 aromatic carbocycles. The van der Waals surface area contributed by atoms with Gasteiger partial charge in [0.15, 0.2) is 0 Å². The summed E-state index contributed by atoms with van der Waals surface area (Å²) in [6.45, 7) is 0. The second-order valence-electron chi connectivity index (χ2n) is 9.42. The molecule has 1 aliphatic heterocycles. The number of rotatable bonds is 6. The zero-order valence-electron chi connectivity index (χ0n) is 20.9. The predicted octanol–water partition coefficient (Wildman–Crippen LogP) is 7.14. The summed E-state index contributed by atoms with van der Waals surface area (Å²) in [5.74, 6) is 1.20. The maximum Gasteiger partial charge on any atom is 0.118 e. The summed E-state index contributed by atoms with van der Waals surface area (Å²) in [6.07, 6.45) is 1.00. The van der Waals surface area contributed by atoms with E-state index in [2.05, 4.69) is 139 Å². The highest BCUT2D eigenvalue weighted by atomic mass is 31.1. The lowest BCUT2D eigenvalue weighted by Gasteiger charge is -2.37. The molecular weight excluding hydrogens is 469 g/mol. The van der Waals surface area contributed by atoms with Crippen molar-refractivity contribution in [1.29, 1.82) is 0 Å². The number of ether oxygens (including phenoxy) is 1. The molecule has 1 heterocycles. The normalized spacial score (nSPS) is 16.6. The molecule has 5 aromatic rings. The zero-order chi connectivity index (χ0) is 25.0. The van der Waals surface area contributed by atoms with Crippen LogP contribution in [0, 0.1) is 0 Å². The number of benzene rings is 5. The molecule has 0 bridgehead atoms. The largest absolute Gasteiger partial charge is 0.497 e. The Bertz CT molecular complexity index is 1410. The van der Waals surface area contributed by atoms with Crippen molar-refractivity contribution < 1.29 is 4.74 Å². The van der Waals surface area contributed by atoms with Gasteiger partial charge in [-0.05, 0) is 53.8 Å². The number of nitrogens with one attached hydrogen (secondary N) is 1. The van der Waals surface area contributed by atoms with E-state index in [9.17, 15) is 0 Å². The molecule has 3 heteroatoms. The van der Waals surface area contributed by atoms with Gasteiger partial charge in [-0.3, -0.25) is 0 Å². The Morgan fingerprint density at radius 1 is 0.622 bits per heavy atom. The number of fused-ring (bicyclic) bond motifs is 1. The molecule has 0 saturated carbocycles. The van der Waals surface area contributed by atoms with Gasteiger partial charge in [-0.15, -0.1) is 0 Å². The van der Waals surface area contributed by atoms with E-state index in [1.54, 1.807) is 7.11 Å². The van der Waals surface area contributed by atoms with Crippen LogP contribution >= 0.6 is 7.92 Å². The van der Waals surface area contributed by atoms with E-state index >= 15 is 0 Å². The van der Waals surface area contributed by atoms with Crippen LogP contribution in [0.15, 0.2) is 133 Å². The first-order valence-corrected chi connectivity index (χ1v) is 14.1. The van der Waals surface area contributed by atoms with Crippen LogP contribution in [0.25, 0.3) is 0 Å². The molecule has 0 spiro atoms. The third-order valence-corrected chi connectivity index (χ3v) is 9.71. The Hall–Kier alpha value is -3.87. The summed E-state index contributed by atoms with van der Waals surface area (Å²) < 4.78 is 5.43. The van der Waals surface area contributed by atoms with Crippen LogP contribution < -0.4 is 26.0 Å². The number of para-hydroxylation sites is 1. The van der Waals surface area contributed by atoms with Gasteiger partial charge in [-0.25, -0.2) is 0 Å². The quantitative estimate of drug-likeness (QED) is 0.251. The topological polar surface area (TPSA) is 21.3 Å². The van der Waals surface area contributed by atoms with Gasteiger partial charge in [-0.1, -0.05) is 121 Å². The summed E-state index contributed by atoms with van der Waals surface area (Å²) in [7, 11) is 0.993. The number of anilines is 1. The van der Waals surface area contributed by atoms with Crippen molar-refractivity contribution in [2.75, 3.05) is 12.4 Å². The van der Waals surface area contributed by atoms with Gasteiger partial charge in [0.1, 0.15) is 5.75 Å². The fraction of sp³-hybridized carbons (Fsp3) is 0.118. The first-order valence-electron chi connectivity index (χ1n) is 12.8. The molecule has 0 amide bonds. The van der Waals surface area contributed by atoms with E-state index in [1.807, 2.05) is 0 Å². The lowest BCUT2D eigenvalue weighted by Crippen LogP contribution is -2.30. The third-order valence-electron chi connectivity index (χ3n) is 7.23. The Labute approximate surface area is 220 Å². The van der Waals surface area contributed by atoms with Gasteiger partial charge in [0, 0.05) is 16.9 Å². The minimum absolute atomic E-state index is 0.202. The molecule has 0 aliphatic carbocycles. The van der Waals surface area contributed by atoms with E-state index in [1.165, 1.54) is 38.3 Å². The molecule has 0 fully saturated rings. The molecule has 0 saturated heterocycles. The predicted molar refractivity (Wildman–Crippen MR) is 157 cm³/mol. The summed E-state index contributed by atoms with van der Waals surface area (Å²) in [5, 5.41) is 8.12. The van der Waals surface area contributed by atoms with Crippen LogP contribution in [0.2, 0.25) is 0 Å². The molecule has 182 valence electrons. The Morgan fingerprint density at radius 3 is 1.81 bits per heavy atom. The summed E-state index contributed by atoms with van der Waals surface area (Å²) in [5.41, 5.74) is 5.31. The Kier molecular flexibility index (Phi) is 6.76. The van der Waals surface area contributed by atoms with Crippen molar-refractivity contribution in [1.82, 2.24) is 0 Å². The molecule has 0 aromatic heterocycles. The van der Waals surface area contributed by atoms with Crippen LogP contribution in [0.4, 0.5) is 5.69 Å². The van der Waals surface area contributed by atoms with Crippen LogP contribution in [0.1, 0.15) is 35.1 Å². The minimum atomic E-state index is -0.727. The number of hydrogen-bond donors (Lipinski definition) is 1. The zero-order valence-corrected chi connectivity index (χ0v) is 21.8. The molecule has 0 unspecified atom stereocenters. The Morgan fingerprint density at radius 2 is 1.22 bits per heavy atom. The van der Waals surface area contributed by atoms with Crippen molar-refractivity contribution in [2.45, 2.75) is 18.4 Å². The highest BCUT2D eigenvalue weighted by Crippen LogP contribution is 2.47. The van der Waals surface area contributed by atoms with Crippen molar-refractivity contribution in [2.24, 2.45) is 0 Å². The summed E-state index contributed by atoms with van der Waals surface area (Å²) in [6, 6.07) is 48.5. The maximum atomic E-state index is 5.43. The van der Waals surface area contributed by atoms with Gasteiger partial charge in [0.25, 0.3) is 0 Å². The average molecular weight is 500 g/mol. The molecule has 2 atom stereocenters. The molecule has 0 radical (unpaired) electrons. The van der Waals surface area contributed by atoms with Crippen molar-refractivity contribution in [3.8, 4) is 5.75 Å². The number of methoxy groups -OCH3 is 1. The second kappa shape index (κ2) is 10.6. The average Bonchev–Trinajstić information content (AvgIpc) is 2.98. The summed E-state index contributed by atoms with van der Waals surface area (Å²) in [4.78, 5) is 0. The highest BCUT2D eigenvalue weighted by Gasteiger charge is 2.32. The van der Waals surface area contributed by atoms with Crippen LogP contribution in [0.5, 0.6) is 5.75 Å². The lowest BCUT2D eigenvalue weighted by atomic mass is 9.80. The van der Waals surface area contributed by atoms with E-state index in [-0.39, 0.29) is 6.04 Å². The number of hydrogen-bond acceptors (Lipinski definition) is 2. The molecule has 6 rings (SSSR count). The second-order valence-corrected chi connectivity index (χ2v) is 11.6. The monoisotopic (exact) mass is 499 g/mol. The van der Waals surface area contributed by atoms with Crippen LogP contribution in [-0.2, 0) is 0 Å². The highest BCUT2D eigenvalue weighted by molar-refractivity contribution is 7.80. The lowest BCUT2D eigenvalue weighted by molar-refractivity contribution is 0.414.